The maximum absolute atomic E-state index is 15.0. The van der Waals surface area contributed by atoms with Gasteiger partial charge < -0.3 is 97.0 Å². The molecule has 0 saturated heterocycles. The quantitative estimate of drug-likeness (QED) is 0.00920. The monoisotopic (exact) mass is 1380 g/mol. The van der Waals surface area contributed by atoms with Gasteiger partial charge in [0.15, 0.2) is 11.9 Å². The van der Waals surface area contributed by atoms with Crippen molar-refractivity contribution in [2.75, 3.05) is 25.4 Å². The summed E-state index contributed by atoms with van der Waals surface area (Å²) < 4.78 is 0. The second-order valence-electron chi connectivity index (χ2n) is 24.3. The minimum atomic E-state index is -1.83. The summed E-state index contributed by atoms with van der Waals surface area (Å²) in [5.41, 5.74) is 28.6. The molecule has 0 radical (unpaired) electrons. The van der Waals surface area contributed by atoms with E-state index in [9.17, 15) is 67.7 Å². The fourth-order valence-corrected chi connectivity index (χ4v) is 10.3. The summed E-state index contributed by atoms with van der Waals surface area (Å²) in [6, 6.07) is 5.00. The van der Waals surface area contributed by atoms with E-state index in [-0.39, 0.29) is 89.3 Å². The molecule has 0 spiro atoms. The van der Waals surface area contributed by atoms with Gasteiger partial charge in [-0.15, -0.1) is 0 Å². The second kappa shape index (κ2) is 40.2. The predicted molar refractivity (Wildman–Crippen MR) is 366 cm³/mol. The van der Waals surface area contributed by atoms with Crippen LogP contribution in [-0.2, 0) is 65.6 Å². The summed E-state index contributed by atoms with van der Waals surface area (Å²) in [4.78, 5) is 180. The first-order chi connectivity index (χ1) is 46.4. The van der Waals surface area contributed by atoms with Gasteiger partial charge in [-0.25, -0.2) is 4.79 Å². The van der Waals surface area contributed by atoms with E-state index in [0.29, 0.717) is 27.6 Å². The highest BCUT2D eigenvalue weighted by atomic mass is 32.1. The van der Waals surface area contributed by atoms with Gasteiger partial charge >= 0.3 is 5.97 Å². The van der Waals surface area contributed by atoms with Crippen molar-refractivity contribution in [2.45, 2.75) is 166 Å². The molecule has 534 valence electrons. The predicted octanol–water partition coefficient (Wildman–Crippen LogP) is -2.85. The number of unbranched alkanes of at least 4 members (excludes halogenated alkanes) is 1. The molecule has 0 unspecified atom stereocenters. The first-order valence-electron chi connectivity index (χ1n) is 31.8. The van der Waals surface area contributed by atoms with E-state index >= 15 is 0 Å². The summed E-state index contributed by atoms with van der Waals surface area (Å²) in [6.45, 7) is 7.37. The Morgan fingerprint density at radius 2 is 1.06 bits per heavy atom. The van der Waals surface area contributed by atoms with Gasteiger partial charge in [-0.2, -0.15) is 12.6 Å². The summed E-state index contributed by atoms with van der Waals surface area (Å²) in [6.07, 6.45) is 2.11. The van der Waals surface area contributed by atoms with Crippen LogP contribution in [0.15, 0.2) is 95.3 Å². The standard InChI is InChI=1S/C64H93N19O14S/c1-35(84)50(60(95)78-43(56(91)83-51(61(96)97)64(3,4)5)21-11-12-27-71-52(87)38-18-13-26-70-32-38)82-59(94)48(34-98)81-55(90)45(24-25-49(65)86)77-58(93)47(31-39-33-74-41-20-10-9-19-40(39)41)80-57(92)46(30-37-16-7-6-8-17-37)79-54(89)44(23-15-29-73-63(68)69)76-53(88)42(75-36(2)85)22-14-28-72-62(66)67/h6-10,13,16-20,26,32-33,35,42-48,50-51,74,84,98H,11-12,14-15,21-25,27-31,34H2,1-5H3,(H2,65,86)(H,71,87)(H,75,85)(H,76,88)(H,77,93)(H,78,95)(H,79,89)(H,80,92)(H,81,90)(H,82,94)(H,83,91)(H,96,97)(H4,66,67,72)(H4,68,69,73)/t35-,42+,43+,44+,45+,46+,47+,48+,50+,51-/m1/s1. The number of thiol groups is 1. The lowest BCUT2D eigenvalue weighted by Crippen LogP contribution is -2.62. The van der Waals surface area contributed by atoms with Crippen molar-refractivity contribution in [3.8, 4) is 0 Å². The highest BCUT2D eigenvalue weighted by molar-refractivity contribution is 7.80. The summed E-state index contributed by atoms with van der Waals surface area (Å²) in [7, 11) is 0. The van der Waals surface area contributed by atoms with E-state index in [2.05, 4.69) is 85.7 Å². The largest absolute Gasteiger partial charge is 0.480 e. The Morgan fingerprint density at radius 1 is 0.571 bits per heavy atom. The second-order valence-corrected chi connectivity index (χ2v) is 24.7. The Bertz CT molecular complexity index is 3430. The smallest absolute Gasteiger partial charge is 0.326 e. The van der Waals surface area contributed by atoms with Crippen LogP contribution < -0.4 is 81.8 Å². The van der Waals surface area contributed by atoms with Crippen molar-refractivity contribution in [3.63, 3.8) is 0 Å². The number of fused-ring (bicyclic) bond motifs is 1. The minimum absolute atomic E-state index is 0.0281. The van der Waals surface area contributed by atoms with Crippen LogP contribution in [0.1, 0.15) is 114 Å². The number of hydrogen-bond donors (Lipinski definition) is 19. The minimum Gasteiger partial charge on any atom is -0.480 e. The molecule has 0 bridgehead atoms. The number of carbonyl (C=O) groups excluding carboxylic acids is 11. The first-order valence-corrected chi connectivity index (χ1v) is 32.4. The van der Waals surface area contributed by atoms with Gasteiger partial charge in [0.25, 0.3) is 5.91 Å². The van der Waals surface area contributed by atoms with E-state index in [1.807, 2.05) is 0 Å². The molecule has 0 aliphatic heterocycles. The SMILES string of the molecule is CC(=O)N[C@@H](CCCN=C(N)N)C(=O)N[C@@H](CCCN=C(N)N)C(=O)N[C@@H](Cc1ccccc1)C(=O)N[C@@H](Cc1c[nH]c2ccccc12)C(=O)N[C@@H](CCC(N)=O)C(=O)N[C@@H](CS)C(=O)N[C@H](C(=O)N[C@@H](CCCCNC(=O)c1cccnc1)C(=O)N[C@H](C(=O)O)C(C)(C)C)[C@@H](C)O. The molecule has 33 nitrogen and oxygen atoms in total. The number of nitrogens with one attached hydrogen (secondary N) is 11. The molecule has 0 aliphatic carbocycles. The van der Waals surface area contributed by atoms with Gasteiger partial charge in [0.05, 0.1) is 11.7 Å². The highest BCUT2D eigenvalue weighted by Gasteiger charge is 2.38. The number of para-hydroxylation sites is 1. The van der Waals surface area contributed by atoms with Gasteiger partial charge in [0.2, 0.25) is 59.1 Å². The molecule has 2 heterocycles. The zero-order valence-electron chi connectivity index (χ0n) is 55.4. The number of guanidine groups is 2. The van der Waals surface area contributed by atoms with Crippen molar-refractivity contribution in [1.82, 2.24) is 63.1 Å². The fourth-order valence-electron chi connectivity index (χ4n) is 10.0. The number of aromatic amines is 1. The number of pyridine rings is 1. The van der Waals surface area contributed by atoms with E-state index in [0.717, 1.165) is 6.92 Å². The summed E-state index contributed by atoms with van der Waals surface area (Å²) >= 11 is 4.28. The maximum atomic E-state index is 15.0. The number of aromatic nitrogens is 2. The Kier molecular flexibility index (Phi) is 32.9. The van der Waals surface area contributed by atoms with E-state index < -0.39 is 155 Å². The van der Waals surface area contributed by atoms with Crippen LogP contribution in [0.3, 0.4) is 0 Å². The lowest BCUT2D eigenvalue weighted by molar-refractivity contribution is -0.145. The number of hydrogen-bond acceptors (Lipinski definition) is 17. The van der Waals surface area contributed by atoms with Gasteiger partial charge in [0, 0.05) is 81.1 Å². The molecule has 23 N–H and O–H groups in total. The number of aliphatic imine (C=N–C) groups is 2. The number of amides is 11. The third-order valence-electron chi connectivity index (χ3n) is 15.2. The van der Waals surface area contributed by atoms with Crippen molar-refractivity contribution >= 4 is 106 Å². The molecule has 0 saturated carbocycles. The Morgan fingerprint density at radius 3 is 1.58 bits per heavy atom. The van der Waals surface area contributed by atoms with Crippen LogP contribution in [0, 0.1) is 5.41 Å². The lowest BCUT2D eigenvalue weighted by Gasteiger charge is -2.31. The molecular formula is C64H93N19O14S. The number of H-pyrrole nitrogens is 1. The van der Waals surface area contributed by atoms with E-state index in [1.54, 1.807) is 93.7 Å². The first kappa shape index (κ1) is 80.1. The molecule has 34 heteroatoms. The van der Waals surface area contributed by atoms with Crippen LogP contribution in [0.25, 0.3) is 10.9 Å². The van der Waals surface area contributed by atoms with Crippen molar-refractivity contribution in [2.24, 2.45) is 44.1 Å². The third-order valence-corrected chi connectivity index (χ3v) is 15.6. The molecule has 0 fully saturated rings. The van der Waals surface area contributed by atoms with E-state index in [4.69, 9.17) is 28.7 Å². The third kappa shape index (κ3) is 27.8. The Labute approximate surface area is 572 Å². The molecule has 4 aromatic rings. The van der Waals surface area contributed by atoms with Gasteiger partial charge in [-0.1, -0.05) is 69.3 Å². The van der Waals surface area contributed by atoms with E-state index in [1.165, 1.54) is 19.3 Å². The summed E-state index contributed by atoms with van der Waals surface area (Å²) in [5, 5.41) is 47.4. The maximum Gasteiger partial charge on any atom is 0.326 e. The number of aliphatic hydroxyl groups is 1. The topological polar surface area (TPSA) is 549 Å². The number of rotatable bonds is 41. The number of primary amides is 1. The Balaban J connectivity index is 1.64. The Hall–Kier alpha value is -10.4. The zero-order valence-corrected chi connectivity index (χ0v) is 56.3. The van der Waals surface area contributed by atoms with Crippen LogP contribution in [0.4, 0.5) is 0 Å². The zero-order chi connectivity index (χ0) is 72.6. The van der Waals surface area contributed by atoms with Crippen molar-refractivity contribution < 1.29 is 67.7 Å². The molecule has 98 heavy (non-hydrogen) atoms. The summed E-state index contributed by atoms with van der Waals surface area (Å²) in [5.74, 6) is -11.9. The number of nitrogens with zero attached hydrogens (tertiary/aromatic N) is 3. The molecule has 2 aromatic carbocycles. The average Bonchev–Trinajstić information content (AvgIpc) is 1.54. The molecule has 10 atom stereocenters. The molecule has 4 rings (SSSR count). The van der Waals surface area contributed by atoms with Crippen LogP contribution in [0.5, 0.6) is 0 Å². The highest BCUT2D eigenvalue weighted by Crippen LogP contribution is 2.22. The normalized spacial score (nSPS) is 14.2. The van der Waals surface area contributed by atoms with Crippen molar-refractivity contribution in [3.05, 3.63) is 102 Å². The number of carbonyl (C=O) groups is 12. The number of benzene rings is 2. The molecule has 11 amide bonds. The van der Waals surface area contributed by atoms with Gasteiger partial charge in [0.1, 0.15) is 54.4 Å². The van der Waals surface area contributed by atoms with Crippen LogP contribution >= 0.6 is 12.6 Å². The number of aliphatic hydroxyl groups excluding tert-OH is 1. The van der Waals surface area contributed by atoms with Crippen LogP contribution in [0.2, 0.25) is 0 Å². The number of carboxylic acids is 1. The van der Waals surface area contributed by atoms with Gasteiger partial charge in [-0.05, 0) is 93.0 Å². The van der Waals surface area contributed by atoms with Gasteiger partial charge in [-0.3, -0.25) is 67.7 Å². The van der Waals surface area contributed by atoms with Crippen molar-refractivity contribution in [1.29, 1.82) is 0 Å². The average molecular weight is 1380 g/mol. The molecule has 2 aromatic heterocycles. The molecule has 0 aliphatic rings. The number of carboxylic acid groups (broad SMARTS) is 1. The number of aliphatic carboxylic acids is 1. The number of nitrogens with two attached hydrogens (primary N) is 5. The fraction of sp³-hybridized carbons (Fsp3) is 0.484. The van der Waals surface area contributed by atoms with Crippen LogP contribution in [-0.4, -0.2) is 189 Å². The lowest BCUT2D eigenvalue weighted by atomic mass is 9.86. The molecular weight excluding hydrogens is 1290 g/mol.